The van der Waals surface area contributed by atoms with Crippen molar-refractivity contribution in [1.82, 2.24) is 4.90 Å². The van der Waals surface area contributed by atoms with Crippen LogP contribution in [0.2, 0.25) is 0 Å². The lowest BCUT2D eigenvalue weighted by Gasteiger charge is -2.42. The number of nitrogens with zero attached hydrogens (tertiary/aromatic N) is 1. The van der Waals surface area contributed by atoms with Gasteiger partial charge < -0.3 is 5.73 Å². The molecule has 2 N–H and O–H groups in total. The fourth-order valence-electron chi connectivity index (χ4n) is 4.01. The van der Waals surface area contributed by atoms with E-state index in [1.165, 1.54) is 49.0 Å². The summed E-state index contributed by atoms with van der Waals surface area (Å²) >= 11 is 0. The van der Waals surface area contributed by atoms with E-state index in [4.69, 9.17) is 5.73 Å². The lowest BCUT2D eigenvalue weighted by atomic mass is 9.80. The Bertz CT molecular complexity index is 428. The summed E-state index contributed by atoms with van der Waals surface area (Å²) in [6, 6.07) is 5.18. The fraction of sp³-hybridized carbons (Fsp3) is 0.667. The molecule has 0 aliphatic carbocycles. The third-order valence-corrected chi connectivity index (χ3v) is 4.71. The van der Waals surface area contributed by atoms with Gasteiger partial charge in [0, 0.05) is 6.04 Å². The molecule has 1 heterocycles. The second kappa shape index (κ2) is 6.73. The highest BCUT2D eigenvalue weighted by molar-refractivity contribution is 5.40. The Labute approximate surface area is 124 Å². The first-order chi connectivity index (χ1) is 9.58. The van der Waals surface area contributed by atoms with Crippen molar-refractivity contribution >= 4 is 0 Å². The zero-order valence-electron chi connectivity index (χ0n) is 13.6. The molecule has 1 aliphatic heterocycles. The quantitative estimate of drug-likeness (QED) is 0.906. The molecule has 1 saturated heterocycles. The van der Waals surface area contributed by atoms with Crippen LogP contribution in [0.15, 0.2) is 12.1 Å². The number of benzene rings is 1. The van der Waals surface area contributed by atoms with E-state index in [1.807, 2.05) is 0 Å². The number of nitrogens with two attached hydrogens (primary N) is 1. The van der Waals surface area contributed by atoms with Crippen molar-refractivity contribution in [3.05, 3.63) is 34.4 Å². The third-order valence-electron chi connectivity index (χ3n) is 4.71. The molecule has 2 unspecified atom stereocenters. The average Bonchev–Trinajstić information content (AvgIpc) is 2.39. The van der Waals surface area contributed by atoms with Gasteiger partial charge in [0.25, 0.3) is 0 Å². The largest absolute Gasteiger partial charge is 0.330 e. The standard InChI is InChI=1S/C18H30N2/c1-5-8-20-9-6-7-16(12-19)18(20)17-14(3)10-13(2)11-15(17)4/h10-11,16,18H,5-9,12,19H2,1-4H3. The Morgan fingerprint density at radius 2 is 1.85 bits per heavy atom. The molecule has 0 aromatic heterocycles. The lowest BCUT2D eigenvalue weighted by Crippen LogP contribution is -2.42. The van der Waals surface area contributed by atoms with Gasteiger partial charge in [0.05, 0.1) is 0 Å². The van der Waals surface area contributed by atoms with Crippen molar-refractivity contribution in [3.63, 3.8) is 0 Å². The summed E-state index contributed by atoms with van der Waals surface area (Å²) in [7, 11) is 0. The predicted molar refractivity (Wildman–Crippen MR) is 87.0 cm³/mol. The first kappa shape index (κ1) is 15.5. The highest BCUT2D eigenvalue weighted by Crippen LogP contribution is 2.38. The molecule has 0 spiro atoms. The van der Waals surface area contributed by atoms with E-state index in [9.17, 15) is 0 Å². The molecular weight excluding hydrogens is 244 g/mol. The van der Waals surface area contributed by atoms with E-state index >= 15 is 0 Å². The molecule has 2 rings (SSSR count). The van der Waals surface area contributed by atoms with Crippen LogP contribution in [-0.4, -0.2) is 24.5 Å². The summed E-state index contributed by atoms with van der Waals surface area (Å²) in [4.78, 5) is 2.67. The Morgan fingerprint density at radius 3 is 2.40 bits per heavy atom. The molecule has 2 heteroatoms. The van der Waals surface area contributed by atoms with Crippen LogP contribution in [0.3, 0.4) is 0 Å². The molecule has 0 saturated carbocycles. The lowest BCUT2D eigenvalue weighted by molar-refractivity contribution is 0.0951. The van der Waals surface area contributed by atoms with Gasteiger partial charge in [-0.05, 0) is 82.3 Å². The highest BCUT2D eigenvalue weighted by Gasteiger charge is 2.33. The zero-order chi connectivity index (χ0) is 14.7. The average molecular weight is 274 g/mol. The van der Waals surface area contributed by atoms with Crippen LogP contribution in [-0.2, 0) is 0 Å². The maximum atomic E-state index is 6.09. The smallest absolute Gasteiger partial charge is 0.0393 e. The summed E-state index contributed by atoms with van der Waals surface area (Å²) in [5.74, 6) is 0.607. The van der Waals surface area contributed by atoms with Crippen LogP contribution >= 0.6 is 0 Å². The van der Waals surface area contributed by atoms with Gasteiger partial charge in [-0.3, -0.25) is 4.90 Å². The number of piperidine rings is 1. The molecule has 1 aliphatic rings. The zero-order valence-corrected chi connectivity index (χ0v) is 13.6. The molecule has 2 nitrogen and oxygen atoms in total. The fourth-order valence-corrected chi connectivity index (χ4v) is 4.01. The second-order valence-corrected chi connectivity index (χ2v) is 6.43. The van der Waals surface area contributed by atoms with Gasteiger partial charge in [-0.25, -0.2) is 0 Å². The molecule has 1 aromatic carbocycles. The Balaban J connectivity index is 2.43. The Kier molecular flexibility index (Phi) is 5.22. The minimum absolute atomic E-state index is 0.522. The van der Waals surface area contributed by atoms with Gasteiger partial charge in [-0.2, -0.15) is 0 Å². The van der Waals surface area contributed by atoms with Gasteiger partial charge in [0.2, 0.25) is 0 Å². The van der Waals surface area contributed by atoms with Gasteiger partial charge >= 0.3 is 0 Å². The normalized spacial score (nSPS) is 24.1. The van der Waals surface area contributed by atoms with E-state index < -0.39 is 0 Å². The summed E-state index contributed by atoms with van der Waals surface area (Å²) < 4.78 is 0. The topological polar surface area (TPSA) is 29.3 Å². The highest BCUT2D eigenvalue weighted by atomic mass is 15.2. The van der Waals surface area contributed by atoms with Crippen molar-refractivity contribution in [3.8, 4) is 0 Å². The van der Waals surface area contributed by atoms with Crippen LogP contribution in [0.1, 0.15) is 54.5 Å². The summed E-state index contributed by atoms with van der Waals surface area (Å²) in [5, 5.41) is 0. The number of likely N-dealkylation sites (tertiary alicyclic amines) is 1. The first-order valence-corrected chi connectivity index (χ1v) is 8.10. The molecular formula is C18H30N2. The van der Waals surface area contributed by atoms with E-state index in [0.717, 1.165) is 6.54 Å². The van der Waals surface area contributed by atoms with Crippen LogP contribution in [0, 0.1) is 26.7 Å². The molecule has 1 aromatic rings. The van der Waals surface area contributed by atoms with Crippen LogP contribution in [0.25, 0.3) is 0 Å². The van der Waals surface area contributed by atoms with Crippen LogP contribution < -0.4 is 5.73 Å². The van der Waals surface area contributed by atoms with Crippen molar-refractivity contribution in [2.24, 2.45) is 11.7 Å². The van der Waals surface area contributed by atoms with Crippen LogP contribution in [0.5, 0.6) is 0 Å². The maximum Gasteiger partial charge on any atom is 0.0393 e. The Hall–Kier alpha value is -0.860. The molecule has 2 atom stereocenters. The molecule has 1 fully saturated rings. The molecule has 112 valence electrons. The summed E-state index contributed by atoms with van der Waals surface area (Å²) in [5.41, 5.74) is 11.9. The SMILES string of the molecule is CCCN1CCCC(CN)C1c1c(C)cc(C)cc1C. The van der Waals surface area contributed by atoms with Gasteiger partial charge in [-0.1, -0.05) is 24.6 Å². The number of hydrogen-bond donors (Lipinski definition) is 1. The van der Waals surface area contributed by atoms with Crippen molar-refractivity contribution in [2.75, 3.05) is 19.6 Å². The number of rotatable bonds is 4. The minimum Gasteiger partial charge on any atom is -0.330 e. The Morgan fingerprint density at radius 1 is 1.20 bits per heavy atom. The molecule has 0 bridgehead atoms. The predicted octanol–water partition coefficient (Wildman–Crippen LogP) is 3.73. The van der Waals surface area contributed by atoms with Gasteiger partial charge in [0.1, 0.15) is 0 Å². The molecule has 20 heavy (non-hydrogen) atoms. The monoisotopic (exact) mass is 274 g/mol. The van der Waals surface area contributed by atoms with Gasteiger partial charge in [0.15, 0.2) is 0 Å². The molecule has 0 radical (unpaired) electrons. The van der Waals surface area contributed by atoms with Gasteiger partial charge in [-0.15, -0.1) is 0 Å². The van der Waals surface area contributed by atoms with Crippen molar-refractivity contribution in [1.29, 1.82) is 0 Å². The van der Waals surface area contributed by atoms with E-state index in [-0.39, 0.29) is 0 Å². The van der Waals surface area contributed by atoms with Crippen molar-refractivity contribution in [2.45, 2.75) is 53.0 Å². The maximum absolute atomic E-state index is 6.09. The number of aryl methyl sites for hydroxylation is 3. The van der Waals surface area contributed by atoms with Crippen molar-refractivity contribution < 1.29 is 0 Å². The molecule has 0 amide bonds. The van der Waals surface area contributed by atoms with Crippen LogP contribution in [0.4, 0.5) is 0 Å². The van der Waals surface area contributed by atoms with E-state index in [2.05, 4.69) is 44.7 Å². The number of hydrogen-bond acceptors (Lipinski definition) is 2. The van der Waals surface area contributed by atoms with E-state index in [0.29, 0.717) is 12.0 Å². The van der Waals surface area contributed by atoms with E-state index in [1.54, 1.807) is 5.56 Å². The summed E-state index contributed by atoms with van der Waals surface area (Å²) in [6.07, 6.45) is 3.79. The minimum atomic E-state index is 0.522. The summed E-state index contributed by atoms with van der Waals surface area (Å²) in [6.45, 7) is 12.2. The third kappa shape index (κ3) is 3.07. The second-order valence-electron chi connectivity index (χ2n) is 6.43. The first-order valence-electron chi connectivity index (χ1n) is 8.10.